The van der Waals surface area contributed by atoms with Crippen molar-refractivity contribution in [2.45, 2.75) is 50.5 Å². The number of benzene rings is 3. The Morgan fingerprint density at radius 2 is 1.74 bits per heavy atom. The van der Waals surface area contributed by atoms with E-state index in [1.807, 2.05) is 47.4 Å². The summed E-state index contributed by atoms with van der Waals surface area (Å²) >= 11 is 0. The number of sulfonamides is 1. The van der Waals surface area contributed by atoms with Crippen molar-refractivity contribution in [3.05, 3.63) is 90.4 Å². The summed E-state index contributed by atoms with van der Waals surface area (Å²) < 4.78 is 35.1. The largest absolute Gasteiger partial charge is 0.467 e. The number of piperidine rings is 1. The van der Waals surface area contributed by atoms with Gasteiger partial charge in [-0.2, -0.15) is 0 Å². The van der Waals surface area contributed by atoms with Crippen molar-refractivity contribution in [3.63, 3.8) is 0 Å². The van der Waals surface area contributed by atoms with Crippen molar-refractivity contribution in [1.82, 2.24) is 4.90 Å². The van der Waals surface area contributed by atoms with Crippen LogP contribution in [0.2, 0.25) is 0 Å². The minimum absolute atomic E-state index is 0.0719. The molecule has 1 saturated heterocycles. The van der Waals surface area contributed by atoms with E-state index in [2.05, 4.69) is 16.5 Å². The van der Waals surface area contributed by atoms with Gasteiger partial charge in [-0.3, -0.25) is 9.52 Å². The van der Waals surface area contributed by atoms with Crippen molar-refractivity contribution in [1.29, 1.82) is 0 Å². The van der Waals surface area contributed by atoms with Gasteiger partial charge in [-0.25, -0.2) is 8.42 Å². The molecule has 1 amide bonds. The predicted octanol–water partition coefficient (Wildman–Crippen LogP) is 6.67. The quantitative estimate of drug-likeness (QED) is 0.241. The highest BCUT2D eigenvalue weighted by atomic mass is 32.2. The van der Waals surface area contributed by atoms with Crippen LogP contribution in [0.5, 0.6) is 0 Å². The van der Waals surface area contributed by atoms with Crippen LogP contribution in [-0.4, -0.2) is 38.9 Å². The molecule has 1 aromatic heterocycles. The summed E-state index contributed by atoms with van der Waals surface area (Å²) in [7, 11) is -3.86. The summed E-state index contributed by atoms with van der Waals surface area (Å²) in [5, 5.41) is 1.82. The van der Waals surface area contributed by atoms with Crippen LogP contribution in [0.15, 0.2) is 88.4 Å². The summed E-state index contributed by atoms with van der Waals surface area (Å²) in [4.78, 5) is 18.0. The fraction of sp³-hybridized carbons (Fsp3) is 0.323. The zero-order chi connectivity index (χ0) is 27.2. The summed E-state index contributed by atoms with van der Waals surface area (Å²) in [5.74, 6) is 0.737. The zero-order valence-electron chi connectivity index (χ0n) is 22.3. The first-order valence-electron chi connectivity index (χ1n) is 13.7. The molecule has 204 valence electrons. The number of unbranched alkanes of at least 4 members (excludes halogenated alkanes) is 1. The number of amides is 1. The zero-order valence-corrected chi connectivity index (χ0v) is 23.1. The van der Waals surface area contributed by atoms with Gasteiger partial charge in [0.25, 0.3) is 15.9 Å². The van der Waals surface area contributed by atoms with Gasteiger partial charge in [-0.15, -0.1) is 0 Å². The summed E-state index contributed by atoms with van der Waals surface area (Å²) in [6.45, 7) is 4.82. The summed E-state index contributed by atoms with van der Waals surface area (Å²) in [6, 6.07) is 21.8. The molecule has 2 heterocycles. The van der Waals surface area contributed by atoms with E-state index in [1.54, 1.807) is 36.6 Å². The van der Waals surface area contributed by atoms with Crippen LogP contribution >= 0.6 is 0 Å². The lowest BCUT2D eigenvalue weighted by atomic mass is 10.1. The van der Waals surface area contributed by atoms with Crippen LogP contribution in [0, 0.1) is 0 Å². The second-order valence-corrected chi connectivity index (χ2v) is 11.7. The molecule has 0 spiro atoms. The van der Waals surface area contributed by atoms with Gasteiger partial charge in [0.05, 0.1) is 29.0 Å². The first kappa shape index (κ1) is 26.8. The molecular formula is C31H35N3O4S. The van der Waals surface area contributed by atoms with Gasteiger partial charge in [0.2, 0.25) is 0 Å². The molecule has 0 aliphatic carbocycles. The van der Waals surface area contributed by atoms with E-state index >= 15 is 0 Å². The van der Waals surface area contributed by atoms with Gasteiger partial charge in [-0.05, 0) is 78.9 Å². The average molecular weight is 546 g/mol. The Hall–Kier alpha value is -3.78. The minimum Gasteiger partial charge on any atom is -0.467 e. The van der Waals surface area contributed by atoms with Crippen molar-refractivity contribution in [2.75, 3.05) is 29.3 Å². The number of nitrogens with zero attached hydrogens (tertiary/aromatic N) is 2. The molecule has 0 unspecified atom stereocenters. The molecule has 39 heavy (non-hydrogen) atoms. The van der Waals surface area contributed by atoms with E-state index < -0.39 is 10.0 Å². The lowest BCUT2D eigenvalue weighted by Crippen LogP contribution is -2.37. The van der Waals surface area contributed by atoms with Crippen LogP contribution in [0.4, 0.5) is 11.4 Å². The number of hydrogen-bond donors (Lipinski definition) is 1. The van der Waals surface area contributed by atoms with E-state index in [4.69, 9.17) is 4.42 Å². The third kappa shape index (κ3) is 6.28. The Balaban J connectivity index is 1.50. The molecule has 1 aliphatic heterocycles. The van der Waals surface area contributed by atoms with Crippen LogP contribution in [0.25, 0.3) is 10.8 Å². The maximum atomic E-state index is 13.8. The molecule has 5 rings (SSSR count). The van der Waals surface area contributed by atoms with E-state index in [-0.39, 0.29) is 10.8 Å². The number of nitrogens with one attached hydrogen (secondary N) is 1. The van der Waals surface area contributed by atoms with E-state index in [1.165, 1.54) is 0 Å². The molecule has 0 radical (unpaired) electrons. The molecular weight excluding hydrogens is 510 g/mol. The Labute approximate surface area is 230 Å². The molecule has 1 fully saturated rings. The molecule has 0 atom stereocenters. The number of fused-ring (bicyclic) bond motifs is 1. The van der Waals surface area contributed by atoms with Crippen molar-refractivity contribution >= 4 is 38.1 Å². The third-order valence-corrected chi connectivity index (χ3v) is 8.58. The van der Waals surface area contributed by atoms with Gasteiger partial charge in [0.15, 0.2) is 0 Å². The normalized spacial score (nSPS) is 13.9. The smallest absolute Gasteiger partial charge is 0.261 e. The van der Waals surface area contributed by atoms with Gasteiger partial charge < -0.3 is 14.2 Å². The topological polar surface area (TPSA) is 82.9 Å². The van der Waals surface area contributed by atoms with Crippen LogP contribution in [0.3, 0.4) is 0 Å². The molecule has 0 saturated carbocycles. The highest BCUT2D eigenvalue weighted by Gasteiger charge is 2.25. The molecule has 1 aliphatic rings. The Morgan fingerprint density at radius 3 is 2.49 bits per heavy atom. The maximum Gasteiger partial charge on any atom is 0.261 e. The molecule has 8 heteroatoms. The monoisotopic (exact) mass is 545 g/mol. The highest BCUT2D eigenvalue weighted by Crippen LogP contribution is 2.30. The number of carbonyl (C=O) groups excluding carboxylic acids is 1. The molecule has 1 N–H and O–H groups in total. The fourth-order valence-corrected chi connectivity index (χ4v) is 6.17. The molecule has 7 nitrogen and oxygen atoms in total. The first-order valence-corrected chi connectivity index (χ1v) is 15.2. The van der Waals surface area contributed by atoms with Crippen LogP contribution < -0.4 is 9.62 Å². The van der Waals surface area contributed by atoms with Gasteiger partial charge >= 0.3 is 0 Å². The number of anilines is 2. The minimum atomic E-state index is -3.86. The number of carbonyl (C=O) groups is 1. The fourth-order valence-electron chi connectivity index (χ4n) is 5.09. The second-order valence-electron chi connectivity index (χ2n) is 10.1. The van der Waals surface area contributed by atoms with Crippen LogP contribution in [-0.2, 0) is 16.6 Å². The highest BCUT2D eigenvalue weighted by molar-refractivity contribution is 7.92. The number of furan rings is 1. The maximum absolute atomic E-state index is 13.8. The Bertz CT molecular complexity index is 1530. The van der Waals surface area contributed by atoms with Gasteiger partial charge in [0, 0.05) is 25.3 Å². The summed E-state index contributed by atoms with van der Waals surface area (Å²) in [5.41, 5.74) is 1.64. The average Bonchev–Trinajstić information content (AvgIpc) is 3.48. The van der Waals surface area contributed by atoms with Crippen LogP contribution in [0.1, 0.15) is 55.1 Å². The SMILES string of the molecule is CCCCN(Cc1ccco1)c1ccc(NS(=O)(=O)c2ccc3ccccc3c2)cc1C(=O)N1CCCCC1. The van der Waals surface area contributed by atoms with Gasteiger partial charge in [0.1, 0.15) is 5.76 Å². The summed E-state index contributed by atoms with van der Waals surface area (Å²) in [6.07, 6.45) is 6.67. The Kier molecular flexibility index (Phi) is 8.21. The predicted molar refractivity (Wildman–Crippen MR) is 156 cm³/mol. The first-order chi connectivity index (χ1) is 18.9. The lowest BCUT2D eigenvalue weighted by Gasteiger charge is -2.31. The van der Waals surface area contributed by atoms with E-state index in [0.717, 1.165) is 60.9 Å². The Morgan fingerprint density at radius 1 is 0.949 bits per heavy atom. The third-order valence-electron chi connectivity index (χ3n) is 7.20. The van der Waals surface area contributed by atoms with Crippen molar-refractivity contribution in [3.8, 4) is 0 Å². The number of hydrogen-bond acceptors (Lipinski definition) is 5. The number of likely N-dealkylation sites (tertiary alicyclic amines) is 1. The number of rotatable bonds is 10. The van der Waals surface area contributed by atoms with E-state index in [9.17, 15) is 13.2 Å². The standard InChI is InChI=1S/C31H35N3O4S/c1-2-3-17-34(23-27-12-9-20-38-27)30-16-14-26(22-29(30)31(35)33-18-7-4-8-19-33)32-39(36,37)28-15-13-24-10-5-6-11-25(24)21-28/h5-6,9-16,20-22,32H,2-4,7-8,17-19,23H2,1H3. The lowest BCUT2D eigenvalue weighted by molar-refractivity contribution is 0.0725. The molecule has 0 bridgehead atoms. The van der Waals surface area contributed by atoms with E-state index in [0.29, 0.717) is 30.9 Å². The molecule has 3 aromatic carbocycles. The molecule has 4 aromatic rings. The van der Waals surface area contributed by atoms with Crippen molar-refractivity contribution in [2.24, 2.45) is 0 Å². The van der Waals surface area contributed by atoms with Crippen molar-refractivity contribution < 1.29 is 17.6 Å². The second kappa shape index (κ2) is 11.9. The van der Waals surface area contributed by atoms with Gasteiger partial charge in [-0.1, -0.05) is 43.7 Å².